The predicted octanol–water partition coefficient (Wildman–Crippen LogP) is 4.41. The highest BCUT2D eigenvalue weighted by Crippen LogP contribution is 2.35. The Bertz CT molecular complexity index is 1240. The number of amides is 4. The van der Waals surface area contributed by atoms with Crippen LogP contribution in [0.15, 0.2) is 47.4 Å². The van der Waals surface area contributed by atoms with Crippen molar-refractivity contribution in [3.8, 4) is 11.5 Å². The van der Waals surface area contributed by atoms with E-state index in [1.807, 2.05) is 6.92 Å². The van der Waals surface area contributed by atoms with E-state index in [4.69, 9.17) is 21.1 Å². The number of hydrogen-bond donors (Lipinski definition) is 1. The molecule has 1 N–H and O–H groups in total. The van der Waals surface area contributed by atoms with Gasteiger partial charge in [0.1, 0.15) is 6.54 Å². The van der Waals surface area contributed by atoms with E-state index in [9.17, 15) is 19.2 Å². The van der Waals surface area contributed by atoms with Crippen LogP contribution in [-0.4, -0.2) is 65.6 Å². The minimum atomic E-state index is -0.501. The standard InChI is InChI=1S/C26H26ClN3O6S/c1-2-35-21-12-17(8-9-20(21)36-16-23(31)28-19-7-5-6-18(27)14-19)13-22-25(33)30(26(34)37-22)15-24(32)29-10-3-4-11-29/h5-9,12-14H,2-4,10-11,15-16H2,1H3,(H,28,31)/b22-13+. The first-order chi connectivity index (χ1) is 17.8. The van der Waals surface area contributed by atoms with Crippen molar-refractivity contribution in [3.63, 3.8) is 0 Å². The van der Waals surface area contributed by atoms with Crippen molar-refractivity contribution in [3.05, 3.63) is 58.0 Å². The van der Waals surface area contributed by atoms with Crippen molar-refractivity contribution in [2.75, 3.05) is 38.2 Å². The quantitative estimate of drug-likeness (QED) is 0.467. The number of anilines is 1. The lowest BCUT2D eigenvalue weighted by molar-refractivity contribution is -0.135. The fraction of sp³-hybridized carbons (Fsp3) is 0.308. The number of benzene rings is 2. The van der Waals surface area contributed by atoms with Crippen molar-refractivity contribution in [1.82, 2.24) is 9.80 Å². The Hall–Kier alpha value is -3.50. The van der Waals surface area contributed by atoms with E-state index in [-0.39, 0.29) is 29.9 Å². The Balaban J connectivity index is 1.41. The Kier molecular flexibility index (Phi) is 8.73. The zero-order valence-electron chi connectivity index (χ0n) is 20.2. The number of thioether (sulfide) groups is 1. The SMILES string of the molecule is CCOc1cc(/C=C2/SC(=O)N(CC(=O)N3CCCC3)C2=O)ccc1OCC(=O)Nc1cccc(Cl)c1. The molecular formula is C26H26ClN3O6S. The van der Waals surface area contributed by atoms with Gasteiger partial charge in [0, 0.05) is 23.8 Å². The summed E-state index contributed by atoms with van der Waals surface area (Å²) < 4.78 is 11.3. The normalized spacial score (nSPS) is 16.4. The van der Waals surface area contributed by atoms with Gasteiger partial charge in [0.05, 0.1) is 11.5 Å². The molecule has 2 aromatic rings. The summed E-state index contributed by atoms with van der Waals surface area (Å²) in [4.78, 5) is 52.8. The molecule has 0 atom stereocenters. The highest BCUT2D eigenvalue weighted by molar-refractivity contribution is 8.18. The number of halogens is 1. The van der Waals surface area contributed by atoms with Crippen LogP contribution in [0.1, 0.15) is 25.3 Å². The molecule has 4 amide bonds. The van der Waals surface area contributed by atoms with Gasteiger partial charge < -0.3 is 19.7 Å². The third kappa shape index (κ3) is 6.84. The molecule has 0 bridgehead atoms. The van der Waals surface area contributed by atoms with E-state index in [0.717, 1.165) is 29.5 Å². The minimum Gasteiger partial charge on any atom is -0.490 e. The van der Waals surface area contributed by atoms with Crippen LogP contribution in [0, 0.1) is 0 Å². The lowest BCUT2D eigenvalue weighted by atomic mass is 10.2. The number of ether oxygens (including phenoxy) is 2. The maximum Gasteiger partial charge on any atom is 0.294 e. The summed E-state index contributed by atoms with van der Waals surface area (Å²) in [6.07, 6.45) is 3.44. The maximum atomic E-state index is 12.8. The van der Waals surface area contributed by atoms with Gasteiger partial charge in [-0.1, -0.05) is 23.7 Å². The Labute approximate surface area is 223 Å². The third-order valence-electron chi connectivity index (χ3n) is 5.66. The molecule has 0 radical (unpaired) electrons. The summed E-state index contributed by atoms with van der Waals surface area (Å²) in [5.74, 6) is -0.357. The molecule has 0 saturated carbocycles. The summed E-state index contributed by atoms with van der Waals surface area (Å²) in [7, 11) is 0. The van der Waals surface area contributed by atoms with Gasteiger partial charge >= 0.3 is 0 Å². The van der Waals surface area contributed by atoms with Gasteiger partial charge in [-0.2, -0.15) is 0 Å². The van der Waals surface area contributed by atoms with Gasteiger partial charge in [-0.05, 0) is 73.5 Å². The third-order valence-corrected chi connectivity index (χ3v) is 6.80. The van der Waals surface area contributed by atoms with Crippen molar-refractivity contribution in [2.45, 2.75) is 19.8 Å². The van der Waals surface area contributed by atoms with Crippen molar-refractivity contribution in [1.29, 1.82) is 0 Å². The molecule has 0 unspecified atom stereocenters. The smallest absolute Gasteiger partial charge is 0.294 e. The topological polar surface area (TPSA) is 105 Å². The van der Waals surface area contributed by atoms with Crippen molar-refractivity contribution in [2.24, 2.45) is 0 Å². The van der Waals surface area contributed by atoms with E-state index in [2.05, 4.69) is 5.32 Å². The fourth-order valence-corrected chi connectivity index (χ4v) is 4.93. The first-order valence-corrected chi connectivity index (χ1v) is 13.0. The number of carbonyl (C=O) groups is 4. The maximum absolute atomic E-state index is 12.8. The van der Waals surface area contributed by atoms with Gasteiger partial charge in [-0.25, -0.2) is 0 Å². The molecule has 2 aliphatic rings. The highest BCUT2D eigenvalue weighted by atomic mass is 35.5. The number of hydrogen-bond acceptors (Lipinski definition) is 7. The molecular weight excluding hydrogens is 518 g/mol. The molecule has 0 aromatic heterocycles. The van der Waals surface area contributed by atoms with Crippen LogP contribution in [0.5, 0.6) is 11.5 Å². The lowest BCUT2D eigenvalue weighted by Crippen LogP contribution is -2.40. The summed E-state index contributed by atoms with van der Waals surface area (Å²) in [5, 5.41) is 2.74. The van der Waals surface area contributed by atoms with Crippen molar-refractivity contribution < 1.29 is 28.7 Å². The van der Waals surface area contributed by atoms with E-state index in [1.165, 1.54) is 0 Å². The van der Waals surface area contributed by atoms with E-state index in [0.29, 0.717) is 47.5 Å². The summed E-state index contributed by atoms with van der Waals surface area (Å²) >= 11 is 6.74. The van der Waals surface area contributed by atoms with E-state index in [1.54, 1.807) is 53.4 Å². The molecule has 2 fully saturated rings. The fourth-order valence-electron chi connectivity index (χ4n) is 3.90. The van der Waals surface area contributed by atoms with Gasteiger partial charge in [0.2, 0.25) is 5.91 Å². The first kappa shape index (κ1) is 26.6. The van der Waals surface area contributed by atoms with Gasteiger partial charge in [-0.15, -0.1) is 0 Å². The lowest BCUT2D eigenvalue weighted by Gasteiger charge is -2.18. The molecule has 11 heteroatoms. The molecule has 194 valence electrons. The zero-order valence-corrected chi connectivity index (χ0v) is 21.8. The first-order valence-electron chi connectivity index (χ1n) is 11.8. The second-order valence-electron chi connectivity index (χ2n) is 8.34. The number of nitrogens with one attached hydrogen (secondary N) is 1. The Morgan fingerprint density at radius 2 is 1.86 bits per heavy atom. The average Bonchev–Trinajstić information content (AvgIpc) is 3.49. The predicted molar refractivity (Wildman–Crippen MR) is 142 cm³/mol. The molecule has 0 aliphatic carbocycles. The van der Waals surface area contributed by atoms with Gasteiger partial charge in [0.15, 0.2) is 18.1 Å². The van der Waals surface area contributed by atoms with E-state index < -0.39 is 11.1 Å². The van der Waals surface area contributed by atoms with Crippen LogP contribution in [0.4, 0.5) is 10.5 Å². The van der Waals surface area contributed by atoms with Gasteiger partial charge in [-0.3, -0.25) is 24.1 Å². The largest absolute Gasteiger partial charge is 0.490 e. The molecule has 37 heavy (non-hydrogen) atoms. The summed E-state index contributed by atoms with van der Waals surface area (Å²) in [5.41, 5.74) is 1.16. The van der Waals surface area contributed by atoms with Crippen LogP contribution in [0.25, 0.3) is 6.08 Å². The zero-order chi connectivity index (χ0) is 26.4. The van der Waals surface area contributed by atoms with E-state index >= 15 is 0 Å². The molecule has 4 rings (SSSR count). The molecule has 2 aromatic carbocycles. The molecule has 2 aliphatic heterocycles. The van der Waals surface area contributed by atoms with Crippen LogP contribution < -0.4 is 14.8 Å². The average molecular weight is 544 g/mol. The Morgan fingerprint density at radius 1 is 1.08 bits per heavy atom. The molecule has 2 heterocycles. The molecule has 9 nitrogen and oxygen atoms in total. The number of imide groups is 1. The van der Waals surface area contributed by atoms with Crippen LogP contribution in [-0.2, 0) is 14.4 Å². The summed E-state index contributed by atoms with van der Waals surface area (Å²) in [6.45, 7) is 2.96. The number of likely N-dealkylation sites (tertiary alicyclic amines) is 1. The number of nitrogens with zero attached hydrogens (tertiary/aromatic N) is 2. The van der Waals surface area contributed by atoms with Crippen LogP contribution in [0.2, 0.25) is 5.02 Å². The van der Waals surface area contributed by atoms with Crippen LogP contribution >= 0.6 is 23.4 Å². The number of carbonyl (C=O) groups excluding carboxylic acids is 4. The Morgan fingerprint density at radius 3 is 2.59 bits per heavy atom. The highest BCUT2D eigenvalue weighted by Gasteiger charge is 2.37. The monoisotopic (exact) mass is 543 g/mol. The number of rotatable bonds is 9. The molecule has 0 spiro atoms. The summed E-state index contributed by atoms with van der Waals surface area (Å²) in [6, 6.07) is 11.8. The minimum absolute atomic E-state index is 0.219. The van der Waals surface area contributed by atoms with Gasteiger partial charge in [0.25, 0.3) is 17.1 Å². The van der Waals surface area contributed by atoms with Crippen LogP contribution in [0.3, 0.4) is 0 Å². The molecule has 2 saturated heterocycles. The second kappa shape index (κ2) is 12.2. The van der Waals surface area contributed by atoms with Crippen molar-refractivity contribution >= 4 is 58.1 Å². The second-order valence-corrected chi connectivity index (χ2v) is 9.77.